The monoisotopic (exact) mass is 1350 g/mol. The highest BCUT2D eigenvalue weighted by molar-refractivity contribution is 7.47. The third-order valence-corrected chi connectivity index (χ3v) is 19.1. The van der Waals surface area contributed by atoms with Crippen LogP contribution >= 0.6 is 15.6 Å². The normalized spacial score (nSPS) is 14.5. The Kier molecular flexibility index (Phi) is 61.3. The van der Waals surface area contributed by atoms with Gasteiger partial charge in [-0.1, -0.05) is 312 Å². The van der Waals surface area contributed by atoms with Crippen LogP contribution in [0.1, 0.15) is 364 Å². The van der Waals surface area contributed by atoms with Gasteiger partial charge < -0.3 is 33.8 Å². The highest BCUT2D eigenvalue weighted by Crippen LogP contribution is 2.45. The molecule has 4 unspecified atom stereocenters. The zero-order valence-electron chi connectivity index (χ0n) is 60.2. The molecule has 0 fully saturated rings. The summed E-state index contributed by atoms with van der Waals surface area (Å²) in [4.78, 5) is 72.6. The fraction of sp³-hybridized carbons (Fsp3) is 0.945. The van der Waals surface area contributed by atoms with Crippen LogP contribution in [0.15, 0.2) is 0 Å². The summed E-state index contributed by atoms with van der Waals surface area (Å²) >= 11 is 0. The number of rotatable bonds is 70. The Morgan fingerprint density at radius 3 is 0.772 bits per heavy atom. The number of hydrogen-bond acceptors (Lipinski definition) is 15. The van der Waals surface area contributed by atoms with Crippen molar-refractivity contribution in [2.75, 3.05) is 39.6 Å². The van der Waals surface area contributed by atoms with Crippen LogP contribution in [0.4, 0.5) is 0 Å². The van der Waals surface area contributed by atoms with E-state index in [1.54, 1.807) is 0 Å². The lowest BCUT2D eigenvalue weighted by Crippen LogP contribution is -2.30. The van der Waals surface area contributed by atoms with Gasteiger partial charge in [0.25, 0.3) is 0 Å². The minimum atomic E-state index is -4.96. The molecule has 6 atom stereocenters. The van der Waals surface area contributed by atoms with Crippen molar-refractivity contribution >= 4 is 39.5 Å². The summed E-state index contributed by atoms with van der Waals surface area (Å²) in [6.07, 6.45) is 45.9. The molecule has 546 valence electrons. The molecule has 0 rings (SSSR count). The van der Waals surface area contributed by atoms with E-state index in [0.29, 0.717) is 31.6 Å². The van der Waals surface area contributed by atoms with Crippen LogP contribution in [0.3, 0.4) is 0 Å². The number of unbranched alkanes of at least 4 members (excludes halogenated alkanes) is 35. The first kappa shape index (κ1) is 90.1. The molecule has 3 N–H and O–H groups in total. The Labute approximate surface area is 562 Å². The van der Waals surface area contributed by atoms with E-state index in [4.69, 9.17) is 37.0 Å². The van der Waals surface area contributed by atoms with Gasteiger partial charge in [-0.15, -0.1) is 0 Å². The summed E-state index contributed by atoms with van der Waals surface area (Å²) in [5, 5.41) is 10.6. The second-order valence-electron chi connectivity index (χ2n) is 28.0. The van der Waals surface area contributed by atoms with Crippen molar-refractivity contribution < 1.29 is 80.2 Å². The molecule has 0 saturated heterocycles. The van der Waals surface area contributed by atoms with Crippen LogP contribution in [0.25, 0.3) is 0 Å². The fourth-order valence-electron chi connectivity index (χ4n) is 11.0. The van der Waals surface area contributed by atoms with E-state index < -0.39 is 97.5 Å². The number of aliphatic hydroxyl groups excluding tert-OH is 1. The Morgan fingerprint density at radius 1 is 0.304 bits per heavy atom. The molecule has 0 aliphatic heterocycles. The maximum Gasteiger partial charge on any atom is 0.472 e. The van der Waals surface area contributed by atoms with Gasteiger partial charge in [-0.25, -0.2) is 9.13 Å². The van der Waals surface area contributed by atoms with Crippen molar-refractivity contribution in [3.8, 4) is 0 Å². The van der Waals surface area contributed by atoms with Crippen LogP contribution in [0, 0.1) is 23.7 Å². The van der Waals surface area contributed by atoms with E-state index in [1.807, 2.05) is 0 Å². The van der Waals surface area contributed by atoms with E-state index in [0.717, 1.165) is 114 Å². The molecule has 19 heteroatoms. The second kappa shape index (κ2) is 62.6. The third kappa shape index (κ3) is 65.4. The summed E-state index contributed by atoms with van der Waals surface area (Å²) in [7, 11) is -9.91. The number of esters is 4. The highest BCUT2D eigenvalue weighted by Gasteiger charge is 2.30. The SMILES string of the molecule is CCC(C)CCCCCCCCC(=O)O[C@H](COC(=O)CCCCCCCCCC(C)C)COP(=O)(O)OCC(O)COP(=O)(O)OC[C@@H](COC(=O)CCCCCCCCCCCCCCC(C)C)OC(=O)CCCCCCCCCCCCCCCCC(C)C. The van der Waals surface area contributed by atoms with Crippen LogP contribution in [0.2, 0.25) is 0 Å². The predicted octanol–water partition coefficient (Wildman–Crippen LogP) is 20.9. The molecule has 0 saturated carbocycles. The van der Waals surface area contributed by atoms with Gasteiger partial charge in [-0.2, -0.15) is 0 Å². The molecular formula is C73H142O17P2. The van der Waals surface area contributed by atoms with Crippen LogP contribution in [-0.2, 0) is 65.4 Å². The lowest BCUT2D eigenvalue weighted by molar-refractivity contribution is -0.161. The van der Waals surface area contributed by atoms with Gasteiger partial charge in [0.15, 0.2) is 12.2 Å². The van der Waals surface area contributed by atoms with Crippen molar-refractivity contribution in [3.63, 3.8) is 0 Å². The molecule has 0 aliphatic carbocycles. The molecule has 0 heterocycles. The summed E-state index contributed by atoms with van der Waals surface area (Å²) in [5.41, 5.74) is 0. The van der Waals surface area contributed by atoms with Crippen molar-refractivity contribution in [2.24, 2.45) is 23.7 Å². The average Bonchev–Trinajstić information content (AvgIpc) is 2.46. The second-order valence-corrected chi connectivity index (χ2v) is 30.9. The summed E-state index contributed by atoms with van der Waals surface area (Å²) in [6, 6.07) is 0. The van der Waals surface area contributed by atoms with Gasteiger partial charge in [-0.3, -0.25) is 37.3 Å². The van der Waals surface area contributed by atoms with Gasteiger partial charge >= 0.3 is 39.5 Å². The van der Waals surface area contributed by atoms with E-state index in [9.17, 15) is 43.2 Å². The number of phosphoric acid groups is 2. The van der Waals surface area contributed by atoms with Gasteiger partial charge in [0.2, 0.25) is 0 Å². The number of carbonyl (C=O) groups excluding carboxylic acids is 4. The van der Waals surface area contributed by atoms with Gasteiger partial charge in [0.1, 0.15) is 19.3 Å². The van der Waals surface area contributed by atoms with Gasteiger partial charge in [0.05, 0.1) is 26.4 Å². The summed E-state index contributed by atoms with van der Waals surface area (Å²) in [5.74, 6) is 0.874. The molecule has 0 aromatic heterocycles. The number of hydrogen-bond donors (Lipinski definition) is 3. The lowest BCUT2D eigenvalue weighted by atomic mass is 10.00. The van der Waals surface area contributed by atoms with E-state index >= 15 is 0 Å². The number of ether oxygens (including phenoxy) is 4. The van der Waals surface area contributed by atoms with Crippen molar-refractivity contribution in [1.82, 2.24) is 0 Å². The minimum absolute atomic E-state index is 0.102. The Bertz CT molecular complexity index is 1820. The Morgan fingerprint density at radius 2 is 0.522 bits per heavy atom. The molecule has 0 aliphatic rings. The molecular weight excluding hydrogens is 1210 g/mol. The minimum Gasteiger partial charge on any atom is -0.462 e. The zero-order chi connectivity index (χ0) is 68.2. The van der Waals surface area contributed by atoms with E-state index in [2.05, 4.69) is 55.4 Å². The molecule has 0 spiro atoms. The molecule has 0 radical (unpaired) electrons. The van der Waals surface area contributed by atoms with Gasteiger partial charge in [0, 0.05) is 25.7 Å². The van der Waals surface area contributed by atoms with E-state index in [1.165, 1.54) is 161 Å². The van der Waals surface area contributed by atoms with Crippen molar-refractivity contribution in [2.45, 2.75) is 382 Å². The summed E-state index contributed by atoms with van der Waals surface area (Å²) < 4.78 is 68.4. The lowest BCUT2D eigenvalue weighted by Gasteiger charge is -2.21. The topological polar surface area (TPSA) is 237 Å². The maximum atomic E-state index is 13.1. The number of aliphatic hydroxyl groups is 1. The van der Waals surface area contributed by atoms with Crippen molar-refractivity contribution in [1.29, 1.82) is 0 Å². The van der Waals surface area contributed by atoms with E-state index in [-0.39, 0.29) is 25.7 Å². The van der Waals surface area contributed by atoms with Gasteiger partial charge in [-0.05, 0) is 49.4 Å². The average molecular weight is 1350 g/mol. The smallest absolute Gasteiger partial charge is 0.462 e. The number of phosphoric ester groups is 2. The van der Waals surface area contributed by atoms with Crippen molar-refractivity contribution in [3.05, 3.63) is 0 Å². The fourth-order valence-corrected chi connectivity index (χ4v) is 12.6. The largest absolute Gasteiger partial charge is 0.472 e. The Balaban J connectivity index is 5.24. The molecule has 0 aromatic rings. The zero-order valence-corrected chi connectivity index (χ0v) is 62.0. The van der Waals surface area contributed by atoms with Crippen LogP contribution in [0.5, 0.6) is 0 Å². The Hall–Kier alpha value is -1.94. The maximum absolute atomic E-state index is 13.1. The quantitative estimate of drug-likeness (QED) is 0.0222. The highest BCUT2D eigenvalue weighted by atomic mass is 31.2. The first-order valence-electron chi connectivity index (χ1n) is 37.7. The molecule has 17 nitrogen and oxygen atoms in total. The molecule has 0 bridgehead atoms. The third-order valence-electron chi connectivity index (χ3n) is 17.2. The van der Waals surface area contributed by atoms with Crippen LogP contribution < -0.4 is 0 Å². The molecule has 0 aromatic carbocycles. The molecule has 0 amide bonds. The standard InChI is InChI=1S/C73H142O17P2/c1-9-66(8)52-44-36-31-32-40-48-56-73(78)90-69(60-84-71(76)54-46-38-30-24-27-35-43-51-65(6)7)62-88-92(81,82)86-58-67(74)57-85-91(79,80)87-61-68(59-83-70(75)53-45-37-28-22-18-15-14-17-21-26-34-42-50-64(4)5)89-72(77)55-47-39-29-23-19-13-11-10-12-16-20-25-33-41-49-63(2)3/h63-69,74H,9-62H2,1-8H3,(H,79,80)(H,81,82)/t66?,67?,68-,69-/m1/s1. The first-order valence-corrected chi connectivity index (χ1v) is 40.7. The molecule has 92 heavy (non-hydrogen) atoms. The number of carbonyl (C=O) groups is 4. The predicted molar refractivity (Wildman–Crippen MR) is 372 cm³/mol. The van der Waals surface area contributed by atoms with Crippen LogP contribution in [-0.4, -0.2) is 96.7 Å². The summed E-state index contributed by atoms with van der Waals surface area (Å²) in [6.45, 7) is 14.1. The first-order chi connectivity index (χ1) is 44.1.